The average Bonchev–Trinajstić information content (AvgIpc) is 3.35. The van der Waals surface area contributed by atoms with E-state index in [4.69, 9.17) is 4.42 Å². The van der Waals surface area contributed by atoms with Crippen molar-refractivity contribution in [1.82, 2.24) is 15.1 Å². The van der Waals surface area contributed by atoms with Gasteiger partial charge < -0.3 is 9.32 Å². The normalized spacial score (nSPS) is 17.5. The van der Waals surface area contributed by atoms with Gasteiger partial charge in [0.05, 0.1) is 10.8 Å². The fraction of sp³-hybridized carbons (Fsp3) is 0.278. The molecule has 134 valence electrons. The van der Waals surface area contributed by atoms with Crippen LogP contribution in [0.15, 0.2) is 40.1 Å². The lowest BCUT2D eigenvalue weighted by molar-refractivity contribution is 0.0698. The number of thiophene rings is 1. The molecule has 0 N–H and O–H groups in total. The van der Waals surface area contributed by atoms with Gasteiger partial charge in [-0.15, -0.1) is 21.5 Å². The van der Waals surface area contributed by atoms with Gasteiger partial charge in [0.2, 0.25) is 5.89 Å². The number of nitrogens with zero attached hydrogens (tertiary/aromatic N) is 3. The van der Waals surface area contributed by atoms with Crippen molar-refractivity contribution >= 4 is 17.2 Å². The summed E-state index contributed by atoms with van der Waals surface area (Å²) in [6.07, 6.45) is 1.60. The summed E-state index contributed by atoms with van der Waals surface area (Å²) >= 11 is 1.51. The molecule has 5 nitrogen and oxygen atoms in total. The van der Waals surface area contributed by atoms with Crippen LogP contribution in [0, 0.1) is 11.6 Å². The van der Waals surface area contributed by atoms with Gasteiger partial charge in [0, 0.05) is 18.7 Å². The van der Waals surface area contributed by atoms with Gasteiger partial charge in [-0.1, -0.05) is 6.07 Å². The first kappa shape index (κ1) is 16.8. The number of carbonyl (C=O) groups excluding carboxylic acids is 1. The number of benzene rings is 1. The van der Waals surface area contributed by atoms with E-state index < -0.39 is 11.6 Å². The number of amides is 1. The summed E-state index contributed by atoms with van der Waals surface area (Å²) in [4.78, 5) is 15.1. The molecule has 1 saturated heterocycles. The van der Waals surface area contributed by atoms with E-state index in [2.05, 4.69) is 10.2 Å². The van der Waals surface area contributed by atoms with Gasteiger partial charge in [-0.05, 0) is 42.5 Å². The van der Waals surface area contributed by atoms with Gasteiger partial charge in [-0.3, -0.25) is 4.79 Å². The number of halogens is 2. The molecule has 2 aromatic heterocycles. The number of likely N-dealkylation sites (tertiary alicyclic amines) is 1. The first-order valence-corrected chi connectivity index (χ1v) is 9.11. The molecule has 1 amide bonds. The Morgan fingerprint density at radius 1 is 1.23 bits per heavy atom. The Kier molecular flexibility index (Phi) is 4.50. The topological polar surface area (TPSA) is 59.2 Å². The molecular weight excluding hydrogens is 360 g/mol. The zero-order valence-corrected chi connectivity index (χ0v) is 14.5. The highest BCUT2D eigenvalue weighted by Gasteiger charge is 2.29. The van der Waals surface area contributed by atoms with Crippen LogP contribution in [0.3, 0.4) is 0 Å². The molecule has 0 saturated carbocycles. The van der Waals surface area contributed by atoms with Crippen molar-refractivity contribution in [1.29, 1.82) is 0 Å². The van der Waals surface area contributed by atoms with Crippen LogP contribution in [0.4, 0.5) is 8.78 Å². The molecule has 26 heavy (non-hydrogen) atoms. The van der Waals surface area contributed by atoms with Crippen LogP contribution in [0.5, 0.6) is 0 Å². The highest BCUT2D eigenvalue weighted by molar-refractivity contribution is 7.13. The summed E-state index contributed by atoms with van der Waals surface area (Å²) < 4.78 is 32.3. The van der Waals surface area contributed by atoms with Gasteiger partial charge in [0.15, 0.2) is 11.6 Å². The van der Waals surface area contributed by atoms with Crippen molar-refractivity contribution in [3.8, 4) is 10.8 Å². The van der Waals surface area contributed by atoms with Crippen molar-refractivity contribution in [3.05, 3.63) is 58.8 Å². The number of piperidine rings is 1. The predicted molar refractivity (Wildman–Crippen MR) is 91.8 cm³/mol. The fourth-order valence-corrected chi connectivity index (χ4v) is 3.72. The quantitative estimate of drug-likeness (QED) is 0.692. The highest BCUT2D eigenvalue weighted by atomic mass is 32.1. The number of hydrogen-bond acceptors (Lipinski definition) is 5. The van der Waals surface area contributed by atoms with Crippen LogP contribution in [-0.2, 0) is 0 Å². The van der Waals surface area contributed by atoms with Crippen molar-refractivity contribution in [2.45, 2.75) is 18.8 Å². The van der Waals surface area contributed by atoms with Crippen LogP contribution in [0.2, 0.25) is 0 Å². The largest absolute Gasteiger partial charge is 0.420 e. The molecule has 0 bridgehead atoms. The first-order chi connectivity index (χ1) is 12.6. The maximum atomic E-state index is 13.4. The van der Waals surface area contributed by atoms with Crippen LogP contribution in [0.1, 0.15) is 35.0 Å². The second kappa shape index (κ2) is 6.95. The predicted octanol–water partition coefficient (Wildman–Crippen LogP) is 4.10. The Balaban J connectivity index is 1.50. The van der Waals surface area contributed by atoms with E-state index in [1.807, 2.05) is 17.5 Å². The Morgan fingerprint density at radius 2 is 2.12 bits per heavy atom. The molecule has 3 aromatic rings. The summed E-state index contributed by atoms with van der Waals surface area (Å²) in [5.41, 5.74) is 0.134. The lowest BCUT2D eigenvalue weighted by atomic mass is 9.97. The van der Waals surface area contributed by atoms with Gasteiger partial charge in [-0.2, -0.15) is 0 Å². The van der Waals surface area contributed by atoms with Crippen LogP contribution in [0.25, 0.3) is 10.8 Å². The zero-order valence-electron chi connectivity index (χ0n) is 13.7. The van der Waals surface area contributed by atoms with E-state index in [0.717, 1.165) is 29.9 Å². The molecule has 0 aliphatic carbocycles. The summed E-state index contributed by atoms with van der Waals surface area (Å²) in [6, 6.07) is 7.01. The molecule has 1 aliphatic heterocycles. The molecule has 8 heteroatoms. The van der Waals surface area contributed by atoms with E-state index in [-0.39, 0.29) is 17.4 Å². The number of carbonyl (C=O) groups is 1. The van der Waals surface area contributed by atoms with Crippen LogP contribution >= 0.6 is 11.3 Å². The lowest BCUT2D eigenvalue weighted by Crippen LogP contribution is -2.39. The maximum Gasteiger partial charge on any atom is 0.257 e. The average molecular weight is 375 g/mol. The zero-order chi connectivity index (χ0) is 18.1. The number of aromatic nitrogens is 2. The Bertz CT molecular complexity index is 926. The third-order valence-corrected chi connectivity index (χ3v) is 5.25. The molecule has 1 unspecified atom stereocenters. The third kappa shape index (κ3) is 3.24. The van der Waals surface area contributed by atoms with E-state index >= 15 is 0 Å². The second-order valence-electron chi connectivity index (χ2n) is 6.14. The monoisotopic (exact) mass is 375 g/mol. The minimum absolute atomic E-state index is 0.0702. The molecule has 1 fully saturated rings. The Morgan fingerprint density at radius 3 is 2.88 bits per heavy atom. The molecule has 1 atom stereocenters. The summed E-state index contributed by atoms with van der Waals surface area (Å²) in [6.45, 7) is 0.962. The van der Waals surface area contributed by atoms with Crippen molar-refractivity contribution in [2.75, 3.05) is 13.1 Å². The van der Waals surface area contributed by atoms with E-state index in [1.54, 1.807) is 4.90 Å². The Hall–Kier alpha value is -2.61. The second-order valence-corrected chi connectivity index (χ2v) is 7.09. The van der Waals surface area contributed by atoms with Gasteiger partial charge in [0.1, 0.15) is 0 Å². The smallest absolute Gasteiger partial charge is 0.257 e. The highest BCUT2D eigenvalue weighted by Crippen LogP contribution is 2.30. The van der Waals surface area contributed by atoms with Gasteiger partial charge in [0.25, 0.3) is 11.8 Å². The van der Waals surface area contributed by atoms with Crippen LogP contribution in [-0.4, -0.2) is 34.1 Å². The standard InChI is InChI=1S/C18H15F2N3O2S/c19-13-6-5-11(9-14(13)20)18(24)23-7-1-3-12(10-23)16-21-22-17(25-16)15-4-2-8-26-15/h2,4-6,8-9,12H,1,3,7,10H2. The minimum Gasteiger partial charge on any atom is -0.420 e. The van der Waals surface area contributed by atoms with E-state index in [0.29, 0.717) is 24.9 Å². The Labute approximate surface area is 152 Å². The lowest BCUT2D eigenvalue weighted by Gasteiger charge is -2.31. The molecule has 0 spiro atoms. The summed E-state index contributed by atoms with van der Waals surface area (Å²) in [5.74, 6) is -1.42. The van der Waals surface area contributed by atoms with E-state index in [9.17, 15) is 13.6 Å². The van der Waals surface area contributed by atoms with E-state index in [1.165, 1.54) is 17.4 Å². The fourth-order valence-electron chi connectivity index (χ4n) is 3.07. The maximum absolute atomic E-state index is 13.4. The SMILES string of the molecule is O=C(c1ccc(F)c(F)c1)N1CCCC(c2nnc(-c3cccs3)o2)C1. The number of rotatable bonds is 3. The molecule has 3 heterocycles. The van der Waals surface area contributed by atoms with Crippen molar-refractivity contribution in [2.24, 2.45) is 0 Å². The summed E-state index contributed by atoms with van der Waals surface area (Å²) in [7, 11) is 0. The molecule has 4 rings (SSSR count). The molecule has 0 radical (unpaired) electrons. The minimum atomic E-state index is -1.03. The van der Waals surface area contributed by atoms with Gasteiger partial charge in [-0.25, -0.2) is 8.78 Å². The van der Waals surface area contributed by atoms with Crippen molar-refractivity contribution in [3.63, 3.8) is 0 Å². The third-order valence-electron chi connectivity index (χ3n) is 4.40. The van der Waals surface area contributed by atoms with Crippen LogP contribution < -0.4 is 0 Å². The summed E-state index contributed by atoms with van der Waals surface area (Å²) in [5, 5.41) is 10.1. The molecule has 1 aliphatic rings. The first-order valence-electron chi connectivity index (χ1n) is 8.23. The van der Waals surface area contributed by atoms with Crippen molar-refractivity contribution < 1.29 is 18.0 Å². The molecule has 1 aromatic carbocycles. The number of hydrogen-bond donors (Lipinski definition) is 0. The molecular formula is C18H15F2N3O2S. The van der Waals surface area contributed by atoms with Gasteiger partial charge >= 0.3 is 0 Å².